The van der Waals surface area contributed by atoms with E-state index in [1.807, 2.05) is 0 Å². The van der Waals surface area contributed by atoms with Gasteiger partial charge in [0.2, 0.25) is 6.04 Å². The summed E-state index contributed by atoms with van der Waals surface area (Å²) in [7, 11) is 0. The molecule has 0 radical (unpaired) electrons. The molecular weight excluding hydrogens is 162 g/mol. The largest absolute Gasteiger partial charge is 0.481 e. The summed E-state index contributed by atoms with van der Waals surface area (Å²) in [6.07, 6.45) is 1.69. The summed E-state index contributed by atoms with van der Waals surface area (Å²) in [6.45, 7) is 1.53. The van der Waals surface area contributed by atoms with Gasteiger partial charge in [0.15, 0.2) is 0 Å². The van der Waals surface area contributed by atoms with Crippen LogP contribution in [0.4, 0.5) is 0 Å². The van der Waals surface area contributed by atoms with E-state index in [4.69, 9.17) is 5.11 Å². The maximum absolute atomic E-state index is 10.1. The van der Waals surface area contributed by atoms with Crippen molar-refractivity contribution in [2.75, 3.05) is 0 Å². The lowest BCUT2D eigenvalue weighted by molar-refractivity contribution is -0.519. The van der Waals surface area contributed by atoms with Crippen LogP contribution < -0.4 is 0 Å². The lowest BCUT2D eigenvalue weighted by atomic mass is 10.1. The number of carbonyl (C=O) groups is 1. The molecule has 5 nitrogen and oxygen atoms in total. The van der Waals surface area contributed by atoms with Crippen LogP contribution >= 0.6 is 0 Å². The molecule has 0 saturated carbocycles. The van der Waals surface area contributed by atoms with E-state index in [2.05, 4.69) is 0 Å². The first kappa shape index (κ1) is 10.9. The van der Waals surface area contributed by atoms with Crippen molar-refractivity contribution in [3.05, 3.63) is 10.1 Å². The Bertz CT molecular complexity index is 169. The van der Waals surface area contributed by atoms with Crippen LogP contribution in [0.25, 0.3) is 0 Å². The zero-order valence-electron chi connectivity index (χ0n) is 7.02. The SMILES string of the molecule is CC(CCCCC(=O)O)[N+](=O)[O-]. The van der Waals surface area contributed by atoms with Crippen LogP contribution in [-0.2, 0) is 4.79 Å². The fourth-order valence-corrected chi connectivity index (χ4v) is 0.821. The van der Waals surface area contributed by atoms with E-state index >= 15 is 0 Å². The van der Waals surface area contributed by atoms with Crippen molar-refractivity contribution < 1.29 is 14.8 Å². The van der Waals surface area contributed by atoms with Crippen molar-refractivity contribution in [1.29, 1.82) is 0 Å². The van der Waals surface area contributed by atoms with Crippen LogP contribution in [0.5, 0.6) is 0 Å². The van der Waals surface area contributed by atoms with Crippen LogP contribution in [0.15, 0.2) is 0 Å². The summed E-state index contributed by atoms with van der Waals surface area (Å²) < 4.78 is 0. The molecule has 0 aliphatic rings. The van der Waals surface area contributed by atoms with E-state index in [0.717, 1.165) is 0 Å². The number of carboxylic acid groups (broad SMARTS) is 1. The van der Waals surface area contributed by atoms with Gasteiger partial charge in [0, 0.05) is 24.7 Å². The minimum Gasteiger partial charge on any atom is -0.481 e. The standard InChI is InChI=1S/C7H13NO4/c1-6(8(11)12)4-2-3-5-7(9)10/h6H,2-5H2,1H3,(H,9,10). The maximum Gasteiger partial charge on any atom is 0.303 e. The average Bonchev–Trinajstić information content (AvgIpc) is 1.97. The van der Waals surface area contributed by atoms with E-state index in [0.29, 0.717) is 19.3 Å². The molecule has 12 heavy (non-hydrogen) atoms. The van der Waals surface area contributed by atoms with Gasteiger partial charge in [0.05, 0.1) is 0 Å². The quantitative estimate of drug-likeness (QED) is 0.374. The minimum atomic E-state index is -0.844. The first-order chi connectivity index (χ1) is 5.54. The van der Waals surface area contributed by atoms with Crippen LogP contribution in [-0.4, -0.2) is 22.0 Å². The van der Waals surface area contributed by atoms with Gasteiger partial charge < -0.3 is 5.11 Å². The highest BCUT2D eigenvalue weighted by Gasteiger charge is 2.11. The van der Waals surface area contributed by atoms with Crippen molar-refractivity contribution >= 4 is 5.97 Å². The van der Waals surface area contributed by atoms with Gasteiger partial charge in [-0.2, -0.15) is 0 Å². The van der Waals surface area contributed by atoms with E-state index in [-0.39, 0.29) is 11.3 Å². The molecule has 1 N–H and O–H groups in total. The first-order valence-corrected chi connectivity index (χ1v) is 3.89. The third-order valence-electron chi connectivity index (χ3n) is 1.62. The monoisotopic (exact) mass is 175 g/mol. The highest BCUT2D eigenvalue weighted by atomic mass is 16.6. The Morgan fingerprint density at radius 2 is 2.17 bits per heavy atom. The lowest BCUT2D eigenvalue weighted by Crippen LogP contribution is -2.14. The molecule has 0 spiro atoms. The van der Waals surface area contributed by atoms with E-state index in [9.17, 15) is 14.9 Å². The summed E-state index contributed by atoms with van der Waals surface area (Å²) in [6, 6.07) is -0.557. The third kappa shape index (κ3) is 5.64. The van der Waals surface area contributed by atoms with Crippen molar-refractivity contribution in [3.63, 3.8) is 0 Å². The smallest absolute Gasteiger partial charge is 0.303 e. The van der Waals surface area contributed by atoms with Crippen molar-refractivity contribution in [2.45, 2.75) is 38.6 Å². The summed E-state index contributed by atoms with van der Waals surface area (Å²) in [5.74, 6) is -0.844. The maximum atomic E-state index is 10.1. The molecule has 0 aliphatic heterocycles. The molecule has 0 fully saturated rings. The number of nitro groups is 1. The second kappa shape index (κ2) is 5.51. The second-order valence-electron chi connectivity index (χ2n) is 2.77. The van der Waals surface area contributed by atoms with Gasteiger partial charge >= 0.3 is 5.97 Å². The normalized spacial score (nSPS) is 12.4. The van der Waals surface area contributed by atoms with Gasteiger partial charge in [-0.3, -0.25) is 14.9 Å². The fourth-order valence-electron chi connectivity index (χ4n) is 0.821. The number of nitrogens with zero attached hydrogens (tertiary/aromatic N) is 1. The summed E-state index contributed by atoms with van der Waals surface area (Å²) in [5, 5.41) is 18.4. The Morgan fingerprint density at radius 1 is 1.58 bits per heavy atom. The molecule has 70 valence electrons. The Kier molecular flexibility index (Phi) is 4.99. The van der Waals surface area contributed by atoms with Crippen molar-refractivity contribution in [3.8, 4) is 0 Å². The molecule has 0 aromatic rings. The number of carboxylic acids is 1. The Hall–Kier alpha value is -1.13. The molecule has 0 aromatic heterocycles. The fraction of sp³-hybridized carbons (Fsp3) is 0.857. The molecule has 0 heterocycles. The lowest BCUT2D eigenvalue weighted by Gasteiger charge is -2.01. The van der Waals surface area contributed by atoms with Gasteiger partial charge in [-0.15, -0.1) is 0 Å². The second-order valence-corrected chi connectivity index (χ2v) is 2.77. The number of aliphatic carboxylic acids is 1. The third-order valence-corrected chi connectivity index (χ3v) is 1.62. The molecule has 0 bridgehead atoms. The first-order valence-electron chi connectivity index (χ1n) is 3.89. The molecule has 1 unspecified atom stereocenters. The average molecular weight is 175 g/mol. The number of hydrogen-bond acceptors (Lipinski definition) is 3. The van der Waals surface area contributed by atoms with Gasteiger partial charge in [-0.05, 0) is 12.8 Å². The zero-order chi connectivity index (χ0) is 9.56. The predicted octanol–water partition coefficient (Wildman–Crippen LogP) is 1.30. The van der Waals surface area contributed by atoms with Crippen LogP contribution in [0.2, 0.25) is 0 Å². The summed E-state index contributed by atoms with van der Waals surface area (Å²) >= 11 is 0. The number of rotatable bonds is 6. The molecule has 0 aliphatic carbocycles. The Morgan fingerprint density at radius 3 is 2.58 bits per heavy atom. The van der Waals surface area contributed by atoms with Crippen molar-refractivity contribution in [2.24, 2.45) is 0 Å². The molecule has 0 aromatic carbocycles. The predicted molar refractivity (Wildman–Crippen MR) is 42.6 cm³/mol. The van der Waals surface area contributed by atoms with Gasteiger partial charge in [-0.25, -0.2) is 0 Å². The summed E-state index contributed by atoms with van der Waals surface area (Å²) in [5.41, 5.74) is 0. The Balaban J connectivity index is 3.31. The molecule has 0 saturated heterocycles. The molecular formula is C7H13NO4. The molecule has 0 rings (SSSR count). The molecule has 1 atom stereocenters. The van der Waals surface area contributed by atoms with Crippen molar-refractivity contribution in [1.82, 2.24) is 0 Å². The minimum absolute atomic E-state index is 0.102. The van der Waals surface area contributed by atoms with Gasteiger partial charge in [-0.1, -0.05) is 0 Å². The van der Waals surface area contributed by atoms with E-state index in [1.54, 1.807) is 0 Å². The molecule has 5 heteroatoms. The zero-order valence-corrected chi connectivity index (χ0v) is 7.02. The highest BCUT2D eigenvalue weighted by Crippen LogP contribution is 2.05. The molecule has 0 amide bonds. The van der Waals surface area contributed by atoms with Crippen LogP contribution in [0.3, 0.4) is 0 Å². The van der Waals surface area contributed by atoms with Gasteiger partial charge in [0.1, 0.15) is 0 Å². The number of hydrogen-bond donors (Lipinski definition) is 1. The van der Waals surface area contributed by atoms with Crippen LogP contribution in [0, 0.1) is 10.1 Å². The Labute approximate surface area is 70.5 Å². The highest BCUT2D eigenvalue weighted by molar-refractivity contribution is 5.66. The van der Waals surface area contributed by atoms with E-state index in [1.165, 1.54) is 6.92 Å². The topological polar surface area (TPSA) is 80.4 Å². The number of unbranched alkanes of at least 4 members (excludes halogenated alkanes) is 1. The van der Waals surface area contributed by atoms with E-state index < -0.39 is 12.0 Å². The van der Waals surface area contributed by atoms with Crippen LogP contribution in [0.1, 0.15) is 32.6 Å². The van der Waals surface area contributed by atoms with Gasteiger partial charge in [0.25, 0.3) is 0 Å². The summed E-state index contributed by atoms with van der Waals surface area (Å²) in [4.78, 5) is 19.8.